The number of benzene rings is 2. The largest absolute Gasteiger partial charge is 0.379 e. The molecule has 0 spiro atoms. The van der Waals surface area contributed by atoms with Gasteiger partial charge in [-0.25, -0.2) is 8.42 Å². The normalized spacial score (nSPS) is 15.0. The molecule has 1 aliphatic heterocycles. The van der Waals surface area contributed by atoms with Gasteiger partial charge in [-0.1, -0.05) is 60.7 Å². The number of sulfonamides is 1. The molecule has 8 heteroatoms. The zero-order valence-electron chi connectivity index (χ0n) is 17.6. The lowest BCUT2D eigenvalue weighted by Gasteiger charge is -2.26. The van der Waals surface area contributed by atoms with E-state index in [4.69, 9.17) is 4.74 Å². The maximum atomic E-state index is 13.0. The van der Waals surface area contributed by atoms with E-state index in [2.05, 4.69) is 29.6 Å². The lowest BCUT2D eigenvalue weighted by Crippen LogP contribution is -2.41. The van der Waals surface area contributed by atoms with E-state index < -0.39 is 10.0 Å². The zero-order chi connectivity index (χ0) is 22.4. The van der Waals surface area contributed by atoms with Crippen molar-refractivity contribution in [3.8, 4) is 0 Å². The van der Waals surface area contributed by atoms with Crippen LogP contribution in [-0.4, -0.2) is 51.5 Å². The van der Waals surface area contributed by atoms with Gasteiger partial charge in [0.15, 0.2) is 0 Å². The average molecular weight is 471 g/mol. The molecule has 0 unspecified atom stereocenters. The molecule has 0 bridgehead atoms. The molecule has 1 fully saturated rings. The fourth-order valence-corrected chi connectivity index (χ4v) is 6.62. The van der Waals surface area contributed by atoms with Gasteiger partial charge in [0, 0.05) is 25.6 Å². The number of ether oxygens (including phenoxy) is 1. The van der Waals surface area contributed by atoms with Crippen molar-refractivity contribution in [1.29, 1.82) is 0 Å². The summed E-state index contributed by atoms with van der Waals surface area (Å²) in [4.78, 5) is 13.2. The van der Waals surface area contributed by atoms with Gasteiger partial charge >= 0.3 is 0 Å². The summed E-state index contributed by atoms with van der Waals surface area (Å²) in [5.41, 5.74) is 2.36. The van der Waals surface area contributed by atoms with Crippen molar-refractivity contribution in [2.24, 2.45) is 0 Å². The molecular formula is C24H26N2O4S2. The summed E-state index contributed by atoms with van der Waals surface area (Å²) in [6.45, 7) is 1.77. The molecule has 0 aliphatic carbocycles. The van der Waals surface area contributed by atoms with E-state index in [-0.39, 0.29) is 21.6 Å². The Balaban J connectivity index is 1.45. The smallest absolute Gasteiger partial charge is 0.262 e. The quantitative estimate of drug-likeness (QED) is 0.544. The summed E-state index contributed by atoms with van der Waals surface area (Å²) in [5.74, 6) is -0.218. The van der Waals surface area contributed by atoms with Crippen molar-refractivity contribution in [2.45, 2.75) is 17.2 Å². The van der Waals surface area contributed by atoms with Crippen molar-refractivity contribution >= 4 is 27.3 Å². The third kappa shape index (κ3) is 5.10. The molecule has 1 N–H and O–H groups in total. The molecule has 168 valence electrons. The van der Waals surface area contributed by atoms with Gasteiger partial charge in [0.05, 0.1) is 13.2 Å². The number of carbonyl (C=O) groups excluding carboxylic acids is 1. The molecule has 1 aromatic heterocycles. The van der Waals surface area contributed by atoms with Crippen molar-refractivity contribution < 1.29 is 17.9 Å². The molecule has 0 radical (unpaired) electrons. The summed E-state index contributed by atoms with van der Waals surface area (Å²) >= 11 is 1.15. The minimum absolute atomic E-state index is 0.0737. The molecule has 0 saturated carbocycles. The van der Waals surface area contributed by atoms with Crippen LogP contribution in [0.3, 0.4) is 0 Å². The highest BCUT2D eigenvalue weighted by molar-refractivity contribution is 7.89. The van der Waals surface area contributed by atoms with Gasteiger partial charge in [0.1, 0.15) is 9.77 Å². The molecule has 4 rings (SSSR count). The summed E-state index contributed by atoms with van der Waals surface area (Å²) in [6, 6.07) is 21.9. The Bertz CT molecular complexity index is 1090. The second-order valence-corrected chi connectivity index (χ2v) is 10.4. The Morgan fingerprint density at radius 3 is 2.16 bits per heavy atom. The maximum Gasteiger partial charge on any atom is 0.262 e. The minimum Gasteiger partial charge on any atom is -0.379 e. The van der Waals surface area contributed by atoms with Crippen LogP contribution in [0.2, 0.25) is 0 Å². The third-order valence-electron chi connectivity index (χ3n) is 5.55. The first-order valence-corrected chi connectivity index (χ1v) is 12.9. The number of hydrogen-bond donors (Lipinski definition) is 1. The van der Waals surface area contributed by atoms with E-state index in [1.165, 1.54) is 21.5 Å². The topological polar surface area (TPSA) is 75.7 Å². The molecule has 1 saturated heterocycles. The van der Waals surface area contributed by atoms with Gasteiger partial charge in [0.25, 0.3) is 5.91 Å². The van der Waals surface area contributed by atoms with Crippen LogP contribution >= 0.6 is 11.3 Å². The van der Waals surface area contributed by atoms with E-state index >= 15 is 0 Å². The van der Waals surface area contributed by atoms with Crippen LogP contribution in [0, 0.1) is 0 Å². The second-order valence-electron chi connectivity index (χ2n) is 7.55. The predicted octanol–water partition coefficient (Wildman–Crippen LogP) is 3.72. The van der Waals surface area contributed by atoms with Crippen molar-refractivity contribution in [3.63, 3.8) is 0 Å². The number of nitrogens with one attached hydrogen (secondary N) is 1. The summed E-state index contributed by atoms with van der Waals surface area (Å²) < 4.78 is 32.7. The Kier molecular flexibility index (Phi) is 7.36. The summed E-state index contributed by atoms with van der Waals surface area (Å²) in [5, 5.41) is 4.59. The SMILES string of the molecule is O=C(NCCC(c1ccccc1)c1ccccc1)c1sccc1S(=O)(=O)N1CCOCC1. The second kappa shape index (κ2) is 10.4. The number of nitrogens with zero attached hydrogens (tertiary/aromatic N) is 1. The summed E-state index contributed by atoms with van der Waals surface area (Å²) in [7, 11) is -3.72. The molecular weight excluding hydrogens is 444 g/mol. The van der Waals surface area contributed by atoms with Gasteiger partial charge in [-0.2, -0.15) is 4.31 Å². The zero-order valence-corrected chi connectivity index (χ0v) is 19.3. The predicted molar refractivity (Wildman–Crippen MR) is 126 cm³/mol. The highest BCUT2D eigenvalue weighted by Crippen LogP contribution is 2.28. The van der Waals surface area contributed by atoms with Crippen LogP contribution in [0.15, 0.2) is 77.0 Å². The Morgan fingerprint density at radius 2 is 1.56 bits per heavy atom. The van der Waals surface area contributed by atoms with E-state index in [1.54, 1.807) is 5.38 Å². The molecule has 3 aromatic rings. The van der Waals surface area contributed by atoms with Crippen LogP contribution < -0.4 is 5.32 Å². The Morgan fingerprint density at radius 1 is 0.969 bits per heavy atom. The Hall–Kier alpha value is -2.52. The van der Waals surface area contributed by atoms with Crippen molar-refractivity contribution in [1.82, 2.24) is 9.62 Å². The van der Waals surface area contributed by atoms with Crippen LogP contribution in [0.25, 0.3) is 0 Å². The van der Waals surface area contributed by atoms with Gasteiger partial charge in [-0.05, 0) is 29.0 Å². The molecule has 0 atom stereocenters. The lowest BCUT2D eigenvalue weighted by atomic mass is 9.88. The first-order valence-electron chi connectivity index (χ1n) is 10.6. The van der Waals surface area contributed by atoms with Crippen molar-refractivity contribution in [3.05, 3.63) is 88.1 Å². The number of thiophene rings is 1. The van der Waals surface area contributed by atoms with Crippen LogP contribution in [0.4, 0.5) is 0 Å². The van der Waals surface area contributed by atoms with E-state index in [9.17, 15) is 13.2 Å². The highest BCUT2D eigenvalue weighted by Gasteiger charge is 2.31. The molecule has 2 heterocycles. The monoisotopic (exact) mass is 470 g/mol. The number of hydrogen-bond acceptors (Lipinski definition) is 5. The van der Waals surface area contributed by atoms with Gasteiger partial charge in [0.2, 0.25) is 10.0 Å². The standard InChI is InChI=1S/C24H26N2O4S2/c27-24(23-22(12-18-31-23)32(28,29)26-14-16-30-17-15-26)25-13-11-21(19-7-3-1-4-8-19)20-9-5-2-6-10-20/h1-10,12,18,21H,11,13-17H2,(H,25,27). The molecule has 32 heavy (non-hydrogen) atoms. The van der Waals surface area contributed by atoms with E-state index in [1.807, 2.05) is 36.4 Å². The fourth-order valence-electron chi connectivity index (χ4n) is 3.90. The maximum absolute atomic E-state index is 13.0. The van der Waals surface area contributed by atoms with Gasteiger partial charge in [-0.15, -0.1) is 11.3 Å². The first-order chi connectivity index (χ1) is 15.6. The lowest BCUT2D eigenvalue weighted by molar-refractivity contribution is 0.0730. The minimum atomic E-state index is -3.72. The van der Waals surface area contributed by atoms with Crippen LogP contribution in [0.5, 0.6) is 0 Å². The molecule has 2 aromatic carbocycles. The Labute approximate surface area is 192 Å². The average Bonchev–Trinajstić information content (AvgIpc) is 3.35. The molecule has 1 amide bonds. The number of amides is 1. The van der Waals surface area contributed by atoms with Gasteiger partial charge < -0.3 is 10.1 Å². The number of rotatable bonds is 8. The van der Waals surface area contributed by atoms with E-state index in [0.717, 1.165) is 11.3 Å². The summed E-state index contributed by atoms with van der Waals surface area (Å²) in [6.07, 6.45) is 0.705. The van der Waals surface area contributed by atoms with Crippen molar-refractivity contribution in [2.75, 3.05) is 32.8 Å². The van der Waals surface area contributed by atoms with Crippen LogP contribution in [0.1, 0.15) is 33.1 Å². The molecule has 1 aliphatic rings. The van der Waals surface area contributed by atoms with E-state index in [0.29, 0.717) is 39.3 Å². The first kappa shape index (κ1) is 22.7. The third-order valence-corrected chi connectivity index (χ3v) is 8.53. The number of morpholine rings is 1. The van der Waals surface area contributed by atoms with Crippen LogP contribution in [-0.2, 0) is 14.8 Å². The fraction of sp³-hybridized carbons (Fsp3) is 0.292. The van der Waals surface area contributed by atoms with Gasteiger partial charge in [-0.3, -0.25) is 4.79 Å². The number of carbonyl (C=O) groups is 1. The highest BCUT2D eigenvalue weighted by atomic mass is 32.2. The molecule has 6 nitrogen and oxygen atoms in total.